The number of alkyl halides is 4. The summed E-state index contributed by atoms with van der Waals surface area (Å²) < 4.78 is 37.9. The monoisotopic (exact) mass is 343 g/mol. The van der Waals surface area contributed by atoms with Crippen molar-refractivity contribution in [1.82, 2.24) is 0 Å². The van der Waals surface area contributed by atoms with Gasteiger partial charge in [0.15, 0.2) is 0 Å². The van der Waals surface area contributed by atoms with Gasteiger partial charge in [0.2, 0.25) is 0 Å². The van der Waals surface area contributed by atoms with Crippen LogP contribution in [0.15, 0.2) is 18.2 Å². The van der Waals surface area contributed by atoms with E-state index in [9.17, 15) is 13.2 Å². The van der Waals surface area contributed by atoms with Crippen LogP contribution < -0.4 is 4.90 Å². The van der Waals surface area contributed by atoms with Crippen LogP contribution in [0.25, 0.3) is 0 Å². The van der Waals surface area contributed by atoms with E-state index in [1.807, 2.05) is 0 Å². The van der Waals surface area contributed by atoms with Gasteiger partial charge in [0, 0.05) is 11.4 Å². The smallest absolute Gasteiger partial charge is 0.359 e. The molecule has 0 saturated carbocycles. The maximum absolute atomic E-state index is 12.6. The molecule has 0 N–H and O–H groups in total. The van der Waals surface area contributed by atoms with E-state index in [0.717, 1.165) is 5.56 Å². The molecule has 1 aromatic rings. The van der Waals surface area contributed by atoms with Crippen LogP contribution in [0, 0.1) is 0 Å². The van der Waals surface area contributed by atoms with Crippen molar-refractivity contribution in [3.8, 4) is 0 Å². The van der Waals surface area contributed by atoms with Crippen molar-refractivity contribution in [2.24, 2.45) is 0 Å². The lowest BCUT2D eigenvalue weighted by Crippen LogP contribution is -2.39. The second kappa shape index (κ2) is 6.15. The van der Waals surface area contributed by atoms with Crippen LogP contribution in [0.4, 0.5) is 18.9 Å². The van der Waals surface area contributed by atoms with Crippen LogP contribution in [-0.4, -0.2) is 18.8 Å². The first-order chi connectivity index (χ1) is 8.26. The Morgan fingerprint density at radius 2 is 1.94 bits per heavy atom. The summed E-state index contributed by atoms with van der Waals surface area (Å²) in [6.07, 6.45) is -4.26. The van der Waals surface area contributed by atoms with Gasteiger partial charge in [0.25, 0.3) is 0 Å². The SMILES string of the molecule is CC(C)N(CC(F)(F)F)c1c(Cl)cccc1CBr. The Bertz CT molecular complexity index is 407. The largest absolute Gasteiger partial charge is 0.405 e. The third-order valence-corrected chi connectivity index (χ3v) is 3.38. The fourth-order valence-electron chi connectivity index (χ4n) is 1.70. The van der Waals surface area contributed by atoms with Crippen molar-refractivity contribution in [3.05, 3.63) is 28.8 Å². The average Bonchev–Trinajstić information content (AvgIpc) is 2.24. The molecule has 0 aliphatic carbocycles. The first-order valence-electron chi connectivity index (χ1n) is 5.43. The summed E-state index contributed by atoms with van der Waals surface area (Å²) in [6, 6.07) is 4.81. The molecule has 0 aliphatic rings. The minimum absolute atomic E-state index is 0.288. The maximum atomic E-state index is 12.6. The Hall–Kier alpha value is -0.420. The average molecular weight is 345 g/mol. The number of nitrogens with zero attached hydrogens (tertiary/aromatic N) is 1. The number of hydrogen-bond donors (Lipinski definition) is 0. The standard InChI is InChI=1S/C12H14BrClF3N/c1-8(2)18(7-12(15,16)17)11-9(6-13)4-3-5-10(11)14/h3-5,8H,6-7H2,1-2H3. The van der Waals surface area contributed by atoms with Crippen molar-refractivity contribution in [1.29, 1.82) is 0 Å². The van der Waals surface area contributed by atoms with Crippen LogP contribution in [0.2, 0.25) is 5.02 Å². The van der Waals surface area contributed by atoms with E-state index in [0.29, 0.717) is 16.0 Å². The lowest BCUT2D eigenvalue weighted by molar-refractivity contribution is -0.120. The van der Waals surface area contributed by atoms with Gasteiger partial charge in [-0.3, -0.25) is 0 Å². The normalized spacial score (nSPS) is 12.0. The van der Waals surface area contributed by atoms with Crippen LogP contribution in [0.5, 0.6) is 0 Å². The molecule has 6 heteroatoms. The highest BCUT2D eigenvalue weighted by Gasteiger charge is 2.33. The first kappa shape index (κ1) is 15.6. The van der Waals surface area contributed by atoms with Gasteiger partial charge in [0.05, 0.1) is 10.7 Å². The molecule has 1 aromatic carbocycles. The molecule has 0 atom stereocenters. The summed E-state index contributed by atoms with van der Waals surface area (Å²) in [5.74, 6) is 0. The van der Waals surface area contributed by atoms with Gasteiger partial charge in [-0.05, 0) is 25.5 Å². The molecule has 0 bridgehead atoms. The van der Waals surface area contributed by atoms with Crippen molar-refractivity contribution < 1.29 is 13.2 Å². The Morgan fingerprint density at radius 1 is 1.33 bits per heavy atom. The maximum Gasteiger partial charge on any atom is 0.405 e. The highest BCUT2D eigenvalue weighted by molar-refractivity contribution is 9.08. The van der Waals surface area contributed by atoms with E-state index >= 15 is 0 Å². The Balaban J connectivity index is 3.21. The third kappa shape index (κ3) is 4.05. The van der Waals surface area contributed by atoms with Gasteiger partial charge >= 0.3 is 6.18 Å². The zero-order valence-corrected chi connectivity index (χ0v) is 12.4. The van der Waals surface area contributed by atoms with Crippen molar-refractivity contribution in [2.75, 3.05) is 11.4 Å². The molecule has 0 amide bonds. The fourth-order valence-corrected chi connectivity index (χ4v) is 2.46. The molecule has 0 spiro atoms. The topological polar surface area (TPSA) is 3.24 Å². The van der Waals surface area contributed by atoms with Crippen LogP contribution in [0.1, 0.15) is 19.4 Å². The molecule has 0 aliphatic heterocycles. The van der Waals surface area contributed by atoms with E-state index in [4.69, 9.17) is 11.6 Å². The lowest BCUT2D eigenvalue weighted by Gasteiger charge is -2.32. The second-order valence-electron chi connectivity index (χ2n) is 4.22. The van der Waals surface area contributed by atoms with Crippen molar-refractivity contribution >= 4 is 33.2 Å². The van der Waals surface area contributed by atoms with E-state index in [1.165, 1.54) is 4.90 Å². The molecule has 0 fully saturated rings. The minimum Gasteiger partial charge on any atom is -0.359 e. The molecule has 0 saturated heterocycles. The zero-order valence-electron chi connectivity index (χ0n) is 10.1. The molecule has 1 nitrogen and oxygen atoms in total. The fraction of sp³-hybridized carbons (Fsp3) is 0.500. The molecule has 0 heterocycles. The van der Waals surface area contributed by atoms with Gasteiger partial charge in [-0.1, -0.05) is 39.7 Å². The number of benzene rings is 1. The molecular weight excluding hydrogens is 330 g/mol. The Labute approximate surface area is 118 Å². The van der Waals surface area contributed by atoms with Gasteiger partial charge in [-0.25, -0.2) is 0 Å². The van der Waals surface area contributed by atoms with Crippen molar-refractivity contribution in [2.45, 2.75) is 31.4 Å². The summed E-state index contributed by atoms with van der Waals surface area (Å²) in [5.41, 5.74) is 1.20. The number of rotatable bonds is 4. The van der Waals surface area contributed by atoms with Crippen LogP contribution >= 0.6 is 27.5 Å². The number of anilines is 1. The van der Waals surface area contributed by atoms with Gasteiger partial charge in [-0.2, -0.15) is 13.2 Å². The van der Waals surface area contributed by atoms with Gasteiger partial charge < -0.3 is 4.90 Å². The second-order valence-corrected chi connectivity index (χ2v) is 5.19. The quantitative estimate of drug-likeness (QED) is 0.694. The van der Waals surface area contributed by atoms with E-state index in [-0.39, 0.29) is 6.04 Å². The summed E-state index contributed by atoms with van der Waals surface area (Å²) in [5, 5.41) is 0.800. The summed E-state index contributed by atoms with van der Waals surface area (Å²) in [4.78, 5) is 1.28. The summed E-state index contributed by atoms with van der Waals surface area (Å²) in [6.45, 7) is 2.43. The molecule has 0 radical (unpaired) electrons. The molecular formula is C12H14BrClF3N. The number of para-hydroxylation sites is 1. The van der Waals surface area contributed by atoms with E-state index in [2.05, 4.69) is 15.9 Å². The molecule has 0 unspecified atom stereocenters. The molecule has 1 rings (SSSR count). The molecule has 18 heavy (non-hydrogen) atoms. The highest BCUT2D eigenvalue weighted by atomic mass is 79.9. The van der Waals surface area contributed by atoms with Gasteiger partial charge in [0.1, 0.15) is 6.54 Å². The van der Waals surface area contributed by atoms with Crippen LogP contribution in [-0.2, 0) is 5.33 Å². The summed E-state index contributed by atoms with van der Waals surface area (Å²) >= 11 is 9.32. The van der Waals surface area contributed by atoms with E-state index in [1.54, 1.807) is 32.0 Å². The van der Waals surface area contributed by atoms with E-state index < -0.39 is 12.7 Å². The predicted octanol–water partition coefficient (Wildman–Crippen LogP) is 5.01. The third-order valence-electron chi connectivity index (χ3n) is 2.47. The molecule has 0 aromatic heterocycles. The number of halogens is 5. The minimum atomic E-state index is -4.26. The first-order valence-corrected chi connectivity index (χ1v) is 6.93. The predicted molar refractivity (Wildman–Crippen MR) is 72.6 cm³/mol. The Kier molecular flexibility index (Phi) is 5.34. The van der Waals surface area contributed by atoms with Crippen molar-refractivity contribution in [3.63, 3.8) is 0 Å². The Morgan fingerprint density at radius 3 is 2.39 bits per heavy atom. The zero-order chi connectivity index (χ0) is 13.9. The van der Waals surface area contributed by atoms with Gasteiger partial charge in [-0.15, -0.1) is 0 Å². The van der Waals surface area contributed by atoms with Crippen LogP contribution in [0.3, 0.4) is 0 Å². The highest BCUT2D eigenvalue weighted by Crippen LogP contribution is 2.34. The lowest BCUT2D eigenvalue weighted by atomic mass is 10.1. The summed E-state index contributed by atoms with van der Waals surface area (Å²) in [7, 11) is 0. The number of hydrogen-bond acceptors (Lipinski definition) is 1. The molecule has 102 valence electrons.